The van der Waals surface area contributed by atoms with Crippen molar-refractivity contribution in [2.24, 2.45) is 5.73 Å². The maximum Gasteiger partial charge on any atom is 0.271 e. The first kappa shape index (κ1) is 29.8. The molecule has 44 heavy (non-hydrogen) atoms. The SMILES string of the molecule is CN1CCN(C2CCN(c3ccc(Nc4nc(NC5CCOCC5)c(-c5ccc(C#N)cc5)nc4C(N)=O)cc3)CC2)CC1. The van der Waals surface area contributed by atoms with Crippen molar-refractivity contribution in [3.8, 4) is 17.3 Å². The summed E-state index contributed by atoms with van der Waals surface area (Å²) in [5.41, 5.74) is 9.63. The number of aromatic nitrogens is 2. The molecule has 0 radical (unpaired) electrons. The first-order valence-electron chi connectivity index (χ1n) is 15.6. The second-order valence-electron chi connectivity index (χ2n) is 11.9. The van der Waals surface area contributed by atoms with Crippen LogP contribution < -0.4 is 21.3 Å². The van der Waals surface area contributed by atoms with Crippen LogP contribution in [0, 0.1) is 11.3 Å². The van der Waals surface area contributed by atoms with Crippen molar-refractivity contribution < 1.29 is 9.53 Å². The van der Waals surface area contributed by atoms with E-state index in [0.29, 0.717) is 42.1 Å². The summed E-state index contributed by atoms with van der Waals surface area (Å²) in [6, 6.07) is 18.3. The summed E-state index contributed by atoms with van der Waals surface area (Å²) in [5, 5.41) is 16.1. The summed E-state index contributed by atoms with van der Waals surface area (Å²) >= 11 is 0. The van der Waals surface area contributed by atoms with Gasteiger partial charge in [-0.2, -0.15) is 5.26 Å². The van der Waals surface area contributed by atoms with Crippen LogP contribution in [0.3, 0.4) is 0 Å². The van der Waals surface area contributed by atoms with Gasteiger partial charge in [0.2, 0.25) is 0 Å². The molecule has 2 aromatic carbocycles. The van der Waals surface area contributed by atoms with E-state index in [1.54, 1.807) is 12.1 Å². The molecule has 3 aromatic rings. The molecule has 11 nitrogen and oxygen atoms in total. The number of benzene rings is 2. The highest BCUT2D eigenvalue weighted by molar-refractivity contribution is 5.97. The minimum absolute atomic E-state index is 0.0527. The summed E-state index contributed by atoms with van der Waals surface area (Å²) in [6.07, 6.45) is 4.03. The Balaban J connectivity index is 1.20. The van der Waals surface area contributed by atoms with Crippen LogP contribution in [0.15, 0.2) is 48.5 Å². The normalized spacial score (nSPS) is 19.0. The van der Waals surface area contributed by atoms with Gasteiger partial charge in [-0.05, 0) is 69.1 Å². The minimum atomic E-state index is -0.674. The number of piperazine rings is 1. The van der Waals surface area contributed by atoms with Crippen LogP contribution in [0.2, 0.25) is 0 Å². The van der Waals surface area contributed by atoms with Gasteiger partial charge in [-0.25, -0.2) is 9.97 Å². The number of nitriles is 1. The Morgan fingerprint density at radius 3 is 2.23 bits per heavy atom. The molecule has 11 heteroatoms. The monoisotopic (exact) mass is 595 g/mol. The van der Waals surface area contributed by atoms with E-state index in [4.69, 9.17) is 20.4 Å². The minimum Gasteiger partial charge on any atom is -0.381 e. The van der Waals surface area contributed by atoms with E-state index in [2.05, 4.69) is 50.6 Å². The number of likely N-dealkylation sites (N-methyl/N-ethyl adjacent to an activating group) is 1. The topological polar surface area (TPSA) is 136 Å². The number of piperidine rings is 1. The van der Waals surface area contributed by atoms with E-state index in [1.165, 1.54) is 31.6 Å². The zero-order valence-corrected chi connectivity index (χ0v) is 25.3. The molecule has 1 amide bonds. The van der Waals surface area contributed by atoms with Crippen molar-refractivity contribution in [3.63, 3.8) is 0 Å². The molecular formula is C33H41N9O2. The van der Waals surface area contributed by atoms with Crippen molar-refractivity contribution in [1.82, 2.24) is 19.8 Å². The van der Waals surface area contributed by atoms with Gasteiger partial charge in [0, 0.05) is 81.5 Å². The van der Waals surface area contributed by atoms with E-state index in [9.17, 15) is 10.1 Å². The van der Waals surface area contributed by atoms with Crippen molar-refractivity contribution in [3.05, 3.63) is 59.8 Å². The molecule has 0 saturated carbocycles. The molecule has 230 valence electrons. The quantitative estimate of drug-likeness (QED) is 0.354. The predicted octanol–water partition coefficient (Wildman–Crippen LogP) is 3.66. The summed E-state index contributed by atoms with van der Waals surface area (Å²) in [6.45, 7) is 8.06. The standard InChI is InChI=1S/C33H41N9O2/c1-40-16-18-42(19-17-40)28-10-14-41(15-11-28)27-8-6-25(7-9-27)36-33-30(31(35)43)38-29(24-4-2-23(22-34)3-5-24)32(39-33)37-26-12-20-44-21-13-26/h2-9,26,28H,10-21H2,1H3,(H2,35,43)(H2,36,37,39). The number of anilines is 4. The number of nitrogens with two attached hydrogens (primary N) is 1. The van der Waals surface area contributed by atoms with Crippen LogP contribution in [-0.4, -0.2) is 97.3 Å². The molecule has 3 fully saturated rings. The molecule has 0 spiro atoms. The molecule has 3 saturated heterocycles. The largest absolute Gasteiger partial charge is 0.381 e. The zero-order valence-electron chi connectivity index (χ0n) is 25.3. The average Bonchev–Trinajstić information content (AvgIpc) is 3.06. The first-order valence-corrected chi connectivity index (χ1v) is 15.6. The molecular weight excluding hydrogens is 554 g/mol. The number of ether oxygens (including phenoxy) is 1. The highest BCUT2D eigenvalue weighted by atomic mass is 16.5. The van der Waals surface area contributed by atoms with E-state index in [1.807, 2.05) is 24.3 Å². The third-order valence-corrected chi connectivity index (χ3v) is 8.99. The van der Waals surface area contributed by atoms with Gasteiger partial charge < -0.3 is 30.9 Å². The molecule has 3 aliphatic heterocycles. The lowest BCUT2D eigenvalue weighted by atomic mass is 10.0. The number of primary amides is 1. The molecule has 4 heterocycles. The molecule has 6 rings (SSSR count). The number of amides is 1. The zero-order chi connectivity index (χ0) is 30.5. The fourth-order valence-electron chi connectivity index (χ4n) is 6.30. The second kappa shape index (κ2) is 13.6. The van der Waals surface area contributed by atoms with Crippen LogP contribution in [-0.2, 0) is 4.74 Å². The van der Waals surface area contributed by atoms with Gasteiger partial charge in [-0.3, -0.25) is 9.69 Å². The maximum absolute atomic E-state index is 12.6. The third-order valence-electron chi connectivity index (χ3n) is 8.99. The lowest BCUT2D eigenvalue weighted by Gasteiger charge is -2.42. The number of hydrogen-bond acceptors (Lipinski definition) is 10. The van der Waals surface area contributed by atoms with Crippen LogP contribution in [0.25, 0.3) is 11.3 Å². The highest BCUT2D eigenvalue weighted by Gasteiger charge is 2.27. The predicted molar refractivity (Wildman–Crippen MR) is 172 cm³/mol. The third kappa shape index (κ3) is 6.94. The molecule has 0 bridgehead atoms. The lowest BCUT2D eigenvalue weighted by molar-refractivity contribution is 0.0904. The van der Waals surface area contributed by atoms with E-state index < -0.39 is 5.91 Å². The molecule has 0 unspecified atom stereocenters. The summed E-state index contributed by atoms with van der Waals surface area (Å²) < 4.78 is 5.53. The Bertz CT molecular complexity index is 1470. The number of nitrogens with zero attached hydrogens (tertiary/aromatic N) is 6. The van der Waals surface area contributed by atoms with Gasteiger partial charge in [-0.1, -0.05) is 12.1 Å². The van der Waals surface area contributed by atoms with Gasteiger partial charge in [0.1, 0.15) is 5.69 Å². The van der Waals surface area contributed by atoms with Gasteiger partial charge in [0.25, 0.3) is 5.91 Å². The first-order chi connectivity index (χ1) is 21.5. The second-order valence-corrected chi connectivity index (χ2v) is 11.9. The van der Waals surface area contributed by atoms with Crippen LogP contribution in [0.4, 0.5) is 23.0 Å². The van der Waals surface area contributed by atoms with Gasteiger partial charge >= 0.3 is 0 Å². The van der Waals surface area contributed by atoms with Crippen molar-refractivity contribution >= 4 is 28.9 Å². The summed E-state index contributed by atoms with van der Waals surface area (Å²) in [4.78, 5) is 29.7. The molecule has 0 atom stereocenters. The Morgan fingerprint density at radius 2 is 1.59 bits per heavy atom. The molecule has 0 aliphatic carbocycles. The highest BCUT2D eigenvalue weighted by Crippen LogP contribution is 2.32. The Labute approximate surface area is 259 Å². The number of nitrogens with one attached hydrogen (secondary N) is 2. The summed E-state index contributed by atoms with van der Waals surface area (Å²) in [5.74, 6) is 0.173. The number of hydrogen-bond donors (Lipinski definition) is 3. The van der Waals surface area contributed by atoms with Crippen molar-refractivity contribution in [2.75, 3.05) is 75.1 Å². The summed E-state index contributed by atoms with van der Waals surface area (Å²) in [7, 11) is 2.20. The van der Waals surface area contributed by atoms with E-state index in [-0.39, 0.29) is 11.7 Å². The molecule has 3 aliphatic rings. The van der Waals surface area contributed by atoms with Crippen molar-refractivity contribution in [2.45, 2.75) is 37.8 Å². The lowest BCUT2D eigenvalue weighted by Crippen LogP contribution is -2.52. The Hall–Kier alpha value is -4.24. The number of carbonyl (C=O) groups excluding carboxylic acids is 1. The van der Waals surface area contributed by atoms with Gasteiger partial charge in [0.05, 0.1) is 11.6 Å². The maximum atomic E-state index is 12.6. The average molecular weight is 596 g/mol. The number of carbonyl (C=O) groups is 1. The van der Waals surface area contributed by atoms with Gasteiger partial charge in [-0.15, -0.1) is 0 Å². The van der Waals surface area contributed by atoms with E-state index >= 15 is 0 Å². The van der Waals surface area contributed by atoms with Crippen LogP contribution in [0.5, 0.6) is 0 Å². The number of rotatable bonds is 8. The van der Waals surface area contributed by atoms with Crippen LogP contribution in [0.1, 0.15) is 41.7 Å². The Kier molecular flexibility index (Phi) is 9.21. The molecule has 4 N–H and O–H groups in total. The fraction of sp³-hybridized carbons (Fsp3) is 0.455. The Morgan fingerprint density at radius 1 is 0.909 bits per heavy atom. The fourth-order valence-corrected chi connectivity index (χ4v) is 6.30. The molecule has 1 aromatic heterocycles. The van der Waals surface area contributed by atoms with Crippen molar-refractivity contribution in [1.29, 1.82) is 5.26 Å². The van der Waals surface area contributed by atoms with E-state index in [0.717, 1.165) is 50.3 Å². The smallest absolute Gasteiger partial charge is 0.271 e. The van der Waals surface area contributed by atoms with Gasteiger partial charge in [0.15, 0.2) is 17.3 Å². The van der Waals surface area contributed by atoms with Crippen LogP contribution >= 0.6 is 0 Å².